The van der Waals surface area contributed by atoms with E-state index in [2.05, 4.69) is 20.6 Å². The number of nitrogens with zero attached hydrogens (tertiary/aromatic N) is 2. The molecule has 0 atom stereocenters. The molecule has 10 heteroatoms. The average Bonchev–Trinajstić information content (AvgIpc) is 3.27. The molecule has 0 bridgehead atoms. The van der Waals surface area contributed by atoms with Gasteiger partial charge in [0.1, 0.15) is 0 Å². The summed E-state index contributed by atoms with van der Waals surface area (Å²) in [7, 11) is 0. The molecule has 3 aromatic rings. The lowest BCUT2D eigenvalue weighted by molar-refractivity contribution is -0.116. The van der Waals surface area contributed by atoms with Crippen LogP contribution < -0.4 is 10.6 Å². The van der Waals surface area contributed by atoms with Crippen molar-refractivity contribution in [3.8, 4) is 0 Å². The molecule has 26 heavy (non-hydrogen) atoms. The lowest BCUT2D eigenvalue weighted by atomic mass is 10.3. The second-order valence-corrected chi connectivity index (χ2v) is 8.42. The maximum atomic E-state index is 12.0. The van der Waals surface area contributed by atoms with Crippen molar-refractivity contribution in [2.45, 2.75) is 10.8 Å². The fraction of sp³-hybridized carbons (Fsp3) is 0.125. The van der Waals surface area contributed by atoms with E-state index in [1.165, 1.54) is 34.4 Å². The fourth-order valence-corrected chi connectivity index (χ4v) is 4.22. The maximum absolute atomic E-state index is 12.0. The van der Waals surface area contributed by atoms with E-state index in [9.17, 15) is 9.59 Å². The highest BCUT2D eigenvalue weighted by Gasteiger charge is 2.11. The summed E-state index contributed by atoms with van der Waals surface area (Å²) in [5.74, 6) is -0.0566. The Labute approximate surface area is 167 Å². The van der Waals surface area contributed by atoms with Gasteiger partial charge in [0.15, 0.2) is 9.47 Å². The van der Waals surface area contributed by atoms with Gasteiger partial charge < -0.3 is 10.6 Å². The standard InChI is InChI=1S/C16H13ClN4O2S3/c17-10-1-3-11(4-2-10)19-14(23)9-26-16-20-12(8-25-16)7-13(22)21-15-18-5-6-24-15/h1-6,8H,7,9H2,(H,19,23)(H,18,21,22). The largest absolute Gasteiger partial charge is 0.325 e. The Balaban J connectivity index is 1.45. The molecule has 0 aliphatic rings. The number of hydrogen-bond acceptors (Lipinski definition) is 7. The second kappa shape index (κ2) is 9.13. The van der Waals surface area contributed by atoms with Gasteiger partial charge in [-0.05, 0) is 24.3 Å². The molecule has 0 spiro atoms. The number of nitrogens with one attached hydrogen (secondary N) is 2. The first-order chi connectivity index (χ1) is 12.6. The first-order valence-electron chi connectivity index (χ1n) is 7.40. The SMILES string of the molecule is O=C(CSc1nc(CC(=O)Nc2nccs2)cs1)Nc1ccc(Cl)cc1. The van der Waals surface area contributed by atoms with Gasteiger partial charge in [-0.3, -0.25) is 9.59 Å². The van der Waals surface area contributed by atoms with Gasteiger partial charge in [0, 0.05) is 27.7 Å². The maximum Gasteiger partial charge on any atom is 0.234 e. The molecule has 0 saturated heterocycles. The van der Waals surface area contributed by atoms with E-state index in [1.807, 2.05) is 5.38 Å². The molecule has 0 saturated carbocycles. The molecule has 0 aliphatic heterocycles. The molecular formula is C16H13ClN4O2S3. The van der Waals surface area contributed by atoms with Crippen LogP contribution in [-0.2, 0) is 16.0 Å². The van der Waals surface area contributed by atoms with Crippen LogP contribution in [0.15, 0.2) is 45.6 Å². The zero-order chi connectivity index (χ0) is 18.4. The summed E-state index contributed by atoms with van der Waals surface area (Å²) in [6, 6.07) is 6.92. The zero-order valence-electron chi connectivity index (χ0n) is 13.3. The summed E-state index contributed by atoms with van der Waals surface area (Å²) in [4.78, 5) is 32.3. The highest BCUT2D eigenvalue weighted by atomic mass is 35.5. The smallest absolute Gasteiger partial charge is 0.234 e. The minimum atomic E-state index is -0.165. The average molecular weight is 425 g/mol. The van der Waals surface area contributed by atoms with Crippen LogP contribution >= 0.6 is 46.0 Å². The normalized spacial score (nSPS) is 10.5. The Bertz CT molecular complexity index is 881. The monoisotopic (exact) mass is 424 g/mol. The number of anilines is 2. The number of carbonyl (C=O) groups excluding carboxylic acids is 2. The van der Waals surface area contributed by atoms with Gasteiger partial charge in [-0.1, -0.05) is 23.4 Å². The highest BCUT2D eigenvalue weighted by Crippen LogP contribution is 2.23. The summed E-state index contributed by atoms with van der Waals surface area (Å²) in [6.45, 7) is 0. The van der Waals surface area contributed by atoms with Crippen LogP contribution in [0.5, 0.6) is 0 Å². The van der Waals surface area contributed by atoms with Crippen LogP contribution in [0.25, 0.3) is 0 Å². The molecule has 0 fully saturated rings. The third-order valence-corrected chi connectivity index (χ3v) is 6.02. The number of benzene rings is 1. The topological polar surface area (TPSA) is 84.0 Å². The Morgan fingerprint density at radius 2 is 1.92 bits per heavy atom. The van der Waals surface area contributed by atoms with E-state index >= 15 is 0 Å². The first kappa shape index (κ1) is 18.8. The lowest BCUT2D eigenvalue weighted by Gasteiger charge is -2.04. The number of rotatable bonds is 7. The van der Waals surface area contributed by atoms with E-state index in [0.717, 1.165) is 4.34 Å². The molecule has 0 aliphatic carbocycles. The van der Waals surface area contributed by atoms with Gasteiger partial charge in [0.2, 0.25) is 11.8 Å². The quantitative estimate of drug-likeness (QED) is 0.556. The Hall–Kier alpha value is -1.94. The number of halogens is 1. The number of aromatic nitrogens is 2. The van der Waals surface area contributed by atoms with Crippen molar-refractivity contribution >= 4 is 68.7 Å². The number of carbonyl (C=O) groups is 2. The Morgan fingerprint density at radius 1 is 1.12 bits per heavy atom. The molecule has 2 heterocycles. The molecule has 1 aromatic carbocycles. The first-order valence-corrected chi connectivity index (χ1v) is 10.5. The van der Waals surface area contributed by atoms with Crippen molar-refractivity contribution in [3.05, 3.63) is 51.9 Å². The third kappa shape index (κ3) is 5.80. The number of amides is 2. The van der Waals surface area contributed by atoms with Crippen molar-refractivity contribution < 1.29 is 9.59 Å². The van der Waals surface area contributed by atoms with Crippen LogP contribution in [0.3, 0.4) is 0 Å². The summed E-state index contributed by atoms with van der Waals surface area (Å²) >= 11 is 9.92. The summed E-state index contributed by atoms with van der Waals surface area (Å²) in [5, 5.41) is 10.3. The number of thiazole rings is 2. The van der Waals surface area contributed by atoms with E-state index in [4.69, 9.17) is 11.6 Å². The Morgan fingerprint density at radius 3 is 2.65 bits per heavy atom. The van der Waals surface area contributed by atoms with Crippen molar-refractivity contribution in [1.29, 1.82) is 0 Å². The molecule has 6 nitrogen and oxygen atoms in total. The molecule has 3 rings (SSSR count). The number of thioether (sulfide) groups is 1. The summed E-state index contributed by atoms with van der Waals surface area (Å²) < 4.78 is 0.744. The third-order valence-electron chi connectivity index (χ3n) is 3.01. The molecule has 2 N–H and O–H groups in total. The predicted molar refractivity (Wildman–Crippen MR) is 107 cm³/mol. The predicted octanol–water partition coefficient (Wildman–Crippen LogP) is 4.17. The van der Waals surface area contributed by atoms with Gasteiger partial charge >= 0.3 is 0 Å². The van der Waals surface area contributed by atoms with Crippen LogP contribution in [0.4, 0.5) is 10.8 Å². The van der Waals surface area contributed by atoms with Crippen molar-refractivity contribution in [2.75, 3.05) is 16.4 Å². The molecule has 0 radical (unpaired) electrons. The van der Waals surface area contributed by atoms with Crippen molar-refractivity contribution in [3.63, 3.8) is 0 Å². The van der Waals surface area contributed by atoms with Gasteiger partial charge in [0.25, 0.3) is 0 Å². The minimum absolute atomic E-state index is 0.129. The molecular weight excluding hydrogens is 412 g/mol. The molecule has 0 unspecified atom stereocenters. The van der Waals surface area contributed by atoms with E-state index in [1.54, 1.807) is 35.8 Å². The zero-order valence-corrected chi connectivity index (χ0v) is 16.5. The van der Waals surface area contributed by atoms with Gasteiger partial charge in [0.05, 0.1) is 17.9 Å². The molecule has 2 aromatic heterocycles. The highest BCUT2D eigenvalue weighted by molar-refractivity contribution is 8.01. The van der Waals surface area contributed by atoms with Crippen LogP contribution in [-0.4, -0.2) is 27.5 Å². The van der Waals surface area contributed by atoms with E-state index < -0.39 is 0 Å². The van der Waals surface area contributed by atoms with Crippen molar-refractivity contribution in [2.24, 2.45) is 0 Å². The van der Waals surface area contributed by atoms with Gasteiger partial charge in [-0.15, -0.1) is 22.7 Å². The van der Waals surface area contributed by atoms with E-state index in [0.29, 0.717) is 21.5 Å². The van der Waals surface area contributed by atoms with Crippen LogP contribution in [0.2, 0.25) is 5.02 Å². The second-order valence-electron chi connectivity index (χ2n) is 5.01. The van der Waals surface area contributed by atoms with Crippen LogP contribution in [0, 0.1) is 0 Å². The molecule has 134 valence electrons. The lowest BCUT2D eigenvalue weighted by Crippen LogP contribution is -2.14. The van der Waals surface area contributed by atoms with Gasteiger partial charge in [-0.25, -0.2) is 9.97 Å². The molecule has 2 amide bonds. The van der Waals surface area contributed by atoms with Gasteiger partial charge in [-0.2, -0.15) is 0 Å². The summed E-state index contributed by atoms with van der Waals surface area (Å²) in [5.41, 5.74) is 1.36. The van der Waals surface area contributed by atoms with E-state index in [-0.39, 0.29) is 24.0 Å². The van der Waals surface area contributed by atoms with Crippen molar-refractivity contribution in [1.82, 2.24) is 9.97 Å². The Kier molecular flexibility index (Phi) is 6.62. The van der Waals surface area contributed by atoms with Crippen LogP contribution in [0.1, 0.15) is 5.69 Å². The summed E-state index contributed by atoms with van der Waals surface area (Å²) in [6.07, 6.45) is 1.81. The fourth-order valence-electron chi connectivity index (χ4n) is 1.91. The minimum Gasteiger partial charge on any atom is -0.325 e. The number of hydrogen-bond donors (Lipinski definition) is 2.